The van der Waals surface area contributed by atoms with E-state index >= 15 is 0 Å². The number of hydrogen-bond donors (Lipinski definition) is 1. The van der Waals surface area contributed by atoms with Gasteiger partial charge in [-0.3, -0.25) is 19.3 Å². The lowest BCUT2D eigenvalue weighted by molar-refractivity contribution is -0.140. The van der Waals surface area contributed by atoms with Crippen LogP contribution in [0.25, 0.3) is 0 Å². The van der Waals surface area contributed by atoms with Crippen LogP contribution >= 0.6 is 34.7 Å². The summed E-state index contributed by atoms with van der Waals surface area (Å²) in [6, 6.07) is 5.33. The van der Waals surface area contributed by atoms with Crippen LogP contribution in [-0.2, 0) is 14.4 Å². The number of hydrogen-bond acceptors (Lipinski definition) is 6. The van der Waals surface area contributed by atoms with Crippen molar-refractivity contribution in [3.63, 3.8) is 0 Å². The van der Waals surface area contributed by atoms with Crippen molar-refractivity contribution >= 4 is 58.1 Å². The quantitative estimate of drug-likeness (QED) is 0.625. The fourth-order valence-electron chi connectivity index (χ4n) is 4.02. The molecule has 1 aliphatic heterocycles. The van der Waals surface area contributed by atoms with Crippen molar-refractivity contribution in [1.82, 2.24) is 9.88 Å². The van der Waals surface area contributed by atoms with E-state index in [9.17, 15) is 14.4 Å². The molecule has 2 aromatic rings. The van der Waals surface area contributed by atoms with Crippen LogP contribution in [0, 0.1) is 18.8 Å². The molecule has 1 saturated heterocycles. The highest BCUT2D eigenvalue weighted by Crippen LogP contribution is 2.38. The van der Waals surface area contributed by atoms with Crippen LogP contribution in [0.5, 0.6) is 0 Å². The molecule has 1 aromatic carbocycles. The molecular weight excluding hydrogens is 442 g/mol. The Hall–Kier alpha value is -1.90. The van der Waals surface area contributed by atoms with Gasteiger partial charge in [0, 0.05) is 34.6 Å². The zero-order valence-corrected chi connectivity index (χ0v) is 18.9. The summed E-state index contributed by atoms with van der Waals surface area (Å²) < 4.78 is 0.909. The van der Waals surface area contributed by atoms with Gasteiger partial charge in [-0.1, -0.05) is 36.2 Å². The molecule has 2 unspecified atom stereocenters. The Kier molecular flexibility index (Phi) is 6.46. The lowest BCUT2D eigenvalue weighted by Crippen LogP contribution is -2.34. The summed E-state index contributed by atoms with van der Waals surface area (Å²) in [5, 5.41) is 5.31. The normalized spacial score (nSPS) is 21.1. The van der Waals surface area contributed by atoms with Crippen molar-refractivity contribution in [2.45, 2.75) is 48.3 Å². The van der Waals surface area contributed by atoms with Gasteiger partial charge in [0.2, 0.25) is 17.7 Å². The molecule has 2 fully saturated rings. The Bertz CT molecular complexity index is 970. The van der Waals surface area contributed by atoms with Crippen LogP contribution < -0.4 is 5.32 Å². The molecule has 9 heteroatoms. The van der Waals surface area contributed by atoms with Crippen LogP contribution in [0.15, 0.2) is 32.8 Å². The first kappa shape index (κ1) is 21.3. The fourth-order valence-corrected chi connectivity index (χ4v) is 6.12. The van der Waals surface area contributed by atoms with Crippen molar-refractivity contribution in [3.05, 3.63) is 34.3 Å². The Labute approximate surface area is 188 Å². The molecule has 158 valence electrons. The van der Waals surface area contributed by atoms with E-state index in [4.69, 9.17) is 11.6 Å². The van der Waals surface area contributed by atoms with E-state index in [1.54, 1.807) is 23.5 Å². The van der Waals surface area contributed by atoms with Crippen LogP contribution in [-0.4, -0.2) is 34.2 Å². The number of fused-ring (bicyclic) bond motifs is 1. The number of nitrogens with one attached hydrogen (secondary N) is 1. The standard InChI is InChI=1S/C21H22ClN3O3S2/c1-12-11-29-21(23-12)30-17-7-6-13(10-16(17)22)24-18(26)8-9-25-19(27)14-4-2-3-5-15(14)20(25)28/h6-7,10-11,14-15H,2-5,8-9H2,1H3,(H,24,26). The molecule has 2 atom stereocenters. The number of aromatic nitrogens is 1. The maximum Gasteiger partial charge on any atom is 0.233 e. The third-order valence-electron chi connectivity index (χ3n) is 5.51. The molecule has 6 nitrogen and oxygen atoms in total. The van der Waals surface area contributed by atoms with Crippen molar-refractivity contribution in [2.75, 3.05) is 11.9 Å². The van der Waals surface area contributed by atoms with E-state index < -0.39 is 0 Å². The number of thiazole rings is 1. The molecule has 30 heavy (non-hydrogen) atoms. The predicted octanol–water partition coefficient (Wildman–Crippen LogP) is 4.76. The van der Waals surface area contributed by atoms with E-state index in [0.29, 0.717) is 10.7 Å². The van der Waals surface area contributed by atoms with Gasteiger partial charge >= 0.3 is 0 Å². The number of imide groups is 1. The molecule has 4 rings (SSSR count). The topological polar surface area (TPSA) is 79.4 Å². The number of carbonyl (C=O) groups excluding carboxylic acids is 3. The van der Waals surface area contributed by atoms with Crippen molar-refractivity contribution in [3.8, 4) is 0 Å². The lowest BCUT2D eigenvalue weighted by Gasteiger charge is -2.19. The lowest BCUT2D eigenvalue weighted by atomic mass is 9.81. The Morgan fingerprint density at radius 1 is 1.27 bits per heavy atom. The van der Waals surface area contributed by atoms with Gasteiger partial charge in [0.05, 0.1) is 16.9 Å². The van der Waals surface area contributed by atoms with Gasteiger partial charge in [-0.2, -0.15) is 0 Å². The number of rotatable bonds is 6. The van der Waals surface area contributed by atoms with Crippen LogP contribution in [0.1, 0.15) is 37.8 Å². The molecule has 0 bridgehead atoms. The molecule has 1 aliphatic carbocycles. The maximum absolute atomic E-state index is 12.5. The average molecular weight is 464 g/mol. The summed E-state index contributed by atoms with van der Waals surface area (Å²) >= 11 is 9.40. The first-order valence-corrected chi connectivity index (χ1v) is 12.0. The molecular formula is C21H22ClN3O3S2. The molecule has 1 saturated carbocycles. The smallest absolute Gasteiger partial charge is 0.233 e. The minimum Gasteiger partial charge on any atom is -0.326 e. The predicted molar refractivity (Wildman–Crippen MR) is 118 cm³/mol. The maximum atomic E-state index is 12.5. The fraction of sp³-hybridized carbons (Fsp3) is 0.429. The highest BCUT2D eigenvalue weighted by molar-refractivity contribution is 8.01. The minimum atomic E-state index is -0.252. The molecule has 1 N–H and O–H groups in total. The third kappa shape index (κ3) is 4.55. The van der Waals surface area contributed by atoms with Crippen LogP contribution in [0.2, 0.25) is 5.02 Å². The highest BCUT2D eigenvalue weighted by Gasteiger charge is 2.47. The molecule has 3 amide bonds. The van der Waals surface area contributed by atoms with Gasteiger partial charge < -0.3 is 5.32 Å². The van der Waals surface area contributed by atoms with E-state index in [2.05, 4.69) is 10.3 Å². The summed E-state index contributed by atoms with van der Waals surface area (Å²) in [4.78, 5) is 43.9. The first-order valence-electron chi connectivity index (χ1n) is 9.97. The number of benzene rings is 1. The second-order valence-corrected chi connectivity index (χ2v) is 10.2. The van der Waals surface area contributed by atoms with E-state index in [-0.39, 0.29) is 42.5 Å². The van der Waals surface area contributed by atoms with Gasteiger partial charge in [-0.05, 0) is 38.0 Å². The second kappa shape index (κ2) is 9.08. The molecule has 2 heterocycles. The SMILES string of the molecule is Cc1csc(Sc2ccc(NC(=O)CCN3C(=O)C4CCCCC4C3=O)cc2Cl)n1. The van der Waals surface area contributed by atoms with E-state index in [1.165, 1.54) is 16.7 Å². The summed E-state index contributed by atoms with van der Waals surface area (Å²) in [5.74, 6) is -0.837. The number of nitrogens with zero attached hydrogens (tertiary/aromatic N) is 2. The monoisotopic (exact) mass is 463 g/mol. The number of amides is 3. The summed E-state index contributed by atoms with van der Waals surface area (Å²) in [5.41, 5.74) is 1.55. The van der Waals surface area contributed by atoms with E-state index in [0.717, 1.165) is 40.6 Å². The molecule has 0 radical (unpaired) electrons. The third-order valence-corrected chi connectivity index (χ3v) is 8.06. The van der Waals surface area contributed by atoms with Crippen molar-refractivity contribution < 1.29 is 14.4 Å². The molecule has 1 aromatic heterocycles. The molecule has 2 aliphatic rings. The Morgan fingerprint density at radius 3 is 2.57 bits per heavy atom. The highest BCUT2D eigenvalue weighted by atomic mass is 35.5. The number of likely N-dealkylation sites (tertiary alicyclic amines) is 1. The average Bonchev–Trinajstić information content (AvgIpc) is 3.24. The summed E-state index contributed by atoms with van der Waals surface area (Å²) in [6.45, 7) is 2.07. The second-order valence-electron chi connectivity index (χ2n) is 7.63. The summed E-state index contributed by atoms with van der Waals surface area (Å²) in [7, 11) is 0. The summed E-state index contributed by atoms with van der Waals surface area (Å²) in [6.07, 6.45) is 3.61. The van der Waals surface area contributed by atoms with Gasteiger partial charge in [-0.15, -0.1) is 11.3 Å². The Morgan fingerprint density at radius 2 is 1.97 bits per heavy atom. The van der Waals surface area contributed by atoms with Gasteiger partial charge in [0.15, 0.2) is 4.34 Å². The first-order chi connectivity index (χ1) is 14.4. The van der Waals surface area contributed by atoms with Crippen molar-refractivity contribution in [1.29, 1.82) is 0 Å². The van der Waals surface area contributed by atoms with Gasteiger partial charge in [-0.25, -0.2) is 4.98 Å². The number of carbonyl (C=O) groups is 3. The zero-order valence-electron chi connectivity index (χ0n) is 16.5. The van der Waals surface area contributed by atoms with Gasteiger partial charge in [0.1, 0.15) is 0 Å². The number of anilines is 1. The number of halogens is 1. The van der Waals surface area contributed by atoms with E-state index in [1.807, 2.05) is 18.4 Å². The molecule has 0 spiro atoms. The minimum absolute atomic E-state index is 0.0728. The zero-order chi connectivity index (χ0) is 21.3. The van der Waals surface area contributed by atoms with Crippen LogP contribution in [0.4, 0.5) is 5.69 Å². The number of aryl methyl sites for hydroxylation is 1. The van der Waals surface area contributed by atoms with Gasteiger partial charge in [0.25, 0.3) is 0 Å². The van der Waals surface area contributed by atoms with Crippen molar-refractivity contribution in [2.24, 2.45) is 11.8 Å². The largest absolute Gasteiger partial charge is 0.326 e. The van der Waals surface area contributed by atoms with Crippen LogP contribution in [0.3, 0.4) is 0 Å². The Balaban J connectivity index is 1.32.